The third kappa shape index (κ3) is 4.29. The van der Waals surface area contributed by atoms with Crippen molar-refractivity contribution in [1.29, 1.82) is 0 Å². The normalized spacial score (nSPS) is 17.7. The third-order valence-electron chi connectivity index (χ3n) is 5.44. The fraction of sp³-hybridized carbons (Fsp3) is 0.333. The van der Waals surface area contributed by atoms with E-state index in [4.69, 9.17) is 9.88 Å². The zero-order chi connectivity index (χ0) is 23.2. The molecule has 32 heavy (non-hydrogen) atoms. The Kier molecular flexibility index (Phi) is 5.84. The van der Waals surface area contributed by atoms with E-state index in [1.807, 2.05) is 17.9 Å². The van der Waals surface area contributed by atoms with Crippen LogP contribution in [0.2, 0.25) is 0 Å². The maximum absolute atomic E-state index is 15.0. The van der Waals surface area contributed by atoms with E-state index in [1.165, 1.54) is 6.92 Å². The highest BCUT2D eigenvalue weighted by Crippen LogP contribution is 2.32. The first-order chi connectivity index (χ1) is 15.0. The highest BCUT2D eigenvalue weighted by molar-refractivity contribution is 7.89. The minimum atomic E-state index is -4.28. The fourth-order valence-corrected chi connectivity index (χ4v) is 4.33. The zero-order valence-corrected chi connectivity index (χ0v) is 18.3. The molecule has 2 aromatic heterocycles. The van der Waals surface area contributed by atoms with Gasteiger partial charge in [-0.25, -0.2) is 27.3 Å². The van der Waals surface area contributed by atoms with Crippen LogP contribution in [0.1, 0.15) is 18.2 Å². The molecule has 170 valence electrons. The van der Waals surface area contributed by atoms with Crippen LogP contribution in [-0.2, 0) is 26.1 Å². The van der Waals surface area contributed by atoms with Gasteiger partial charge < -0.3 is 9.14 Å². The minimum Gasteiger partial charge on any atom is -0.368 e. The number of nitrogens with zero attached hydrogens (tertiary/aromatic N) is 3. The molecule has 1 aliphatic rings. The highest BCUT2D eigenvalue weighted by Gasteiger charge is 2.28. The number of aryl methyl sites for hydroxylation is 1. The number of pyridine rings is 1. The molecule has 0 saturated carbocycles. The van der Waals surface area contributed by atoms with Crippen molar-refractivity contribution in [2.75, 3.05) is 19.7 Å². The zero-order valence-electron chi connectivity index (χ0n) is 17.5. The molecule has 4 rings (SSSR count). The summed E-state index contributed by atoms with van der Waals surface area (Å²) < 4.78 is 60.3. The Labute approximate surface area is 183 Å². The number of carbonyl (C=O) groups excluding carboxylic acids is 1. The number of carbonyl (C=O) groups is 1. The first kappa shape index (κ1) is 22.5. The summed E-state index contributed by atoms with van der Waals surface area (Å²) in [6, 6.07) is 5.00. The summed E-state index contributed by atoms with van der Waals surface area (Å²) in [7, 11) is -4.28. The Hall–Kier alpha value is -2.73. The van der Waals surface area contributed by atoms with Gasteiger partial charge in [-0.2, -0.15) is 0 Å². The third-order valence-corrected chi connectivity index (χ3v) is 6.33. The molecule has 0 aliphatic carbocycles. The molecule has 1 saturated heterocycles. The second-order valence-corrected chi connectivity index (χ2v) is 9.41. The summed E-state index contributed by atoms with van der Waals surface area (Å²) in [6.07, 6.45) is 1.18. The molecule has 0 amide bonds. The lowest BCUT2D eigenvalue weighted by Crippen LogP contribution is -2.45. The molecule has 1 aliphatic heterocycles. The van der Waals surface area contributed by atoms with E-state index in [-0.39, 0.29) is 18.0 Å². The Morgan fingerprint density at radius 1 is 1.28 bits per heavy atom. The molecular weight excluding hydrogens is 442 g/mol. The van der Waals surface area contributed by atoms with Crippen LogP contribution in [-0.4, -0.2) is 54.3 Å². The maximum Gasteiger partial charge on any atom is 0.238 e. The molecule has 0 unspecified atom stereocenters. The van der Waals surface area contributed by atoms with Gasteiger partial charge in [-0.1, -0.05) is 0 Å². The topological polar surface area (TPSA) is 107 Å². The summed E-state index contributed by atoms with van der Waals surface area (Å²) in [6.45, 7) is 4.79. The molecule has 3 aromatic rings. The maximum atomic E-state index is 15.0. The highest BCUT2D eigenvalue weighted by atomic mass is 32.2. The summed E-state index contributed by atoms with van der Waals surface area (Å²) in [4.78, 5) is 17.5. The number of halogens is 2. The molecule has 1 fully saturated rings. The van der Waals surface area contributed by atoms with E-state index in [0.717, 1.165) is 5.56 Å². The van der Waals surface area contributed by atoms with Crippen molar-refractivity contribution >= 4 is 21.5 Å². The van der Waals surface area contributed by atoms with E-state index in [9.17, 15) is 22.0 Å². The number of ether oxygens (including phenoxy) is 1. The molecule has 1 aromatic carbocycles. The summed E-state index contributed by atoms with van der Waals surface area (Å²) in [5.74, 6) is -2.27. The van der Waals surface area contributed by atoms with Gasteiger partial charge >= 0.3 is 0 Å². The van der Waals surface area contributed by atoms with Gasteiger partial charge in [0.2, 0.25) is 10.0 Å². The van der Waals surface area contributed by atoms with Gasteiger partial charge in [-0.15, -0.1) is 0 Å². The van der Waals surface area contributed by atoms with Crippen molar-refractivity contribution < 1.29 is 26.7 Å². The van der Waals surface area contributed by atoms with Crippen LogP contribution in [0.25, 0.3) is 16.9 Å². The second-order valence-electron chi connectivity index (χ2n) is 7.85. The number of hydrogen-bond acceptors (Lipinski definition) is 6. The summed E-state index contributed by atoms with van der Waals surface area (Å²) in [5, 5.41) is 5.03. The predicted octanol–water partition coefficient (Wildman–Crippen LogP) is 2.03. The van der Waals surface area contributed by atoms with Crippen molar-refractivity contribution in [3.05, 3.63) is 53.4 Å². The monoisotopic (exact) mass is 464 g/mol. The van der Waals surface area contributed by atoms with Crippen LogP contribution in [0, 0.1) is 18.6 Å². The Morgan fingerprint density at radius 3 is 2.59 bits per heavy atom. The molecule has 0 spiro atoms. The van der Waals surface area contributed by atoms with Gasteiger partial charge in [0.25, 0.3) is 0 Å². The number of hydrogen-bond donors (Lipinski definition) is 1. The van der Waals surface area contributed by atoms with E-state index >= 15 is 0 Å². The average Bonchev–Trinajstić information content (AvgIpc) is 3.04. The number of fused-ring (bicyclic) bond motifs is 1. The number of Topliss-reactive ketones (excluding diaryl/α,β-unsaturated/α-hetero) is 1. The first-order valence-electron chi connectivity index (χ1n) is 9.89. The lowest BCUT2D eigenvalue weighted by atomic mass is 10.1. The van der Waals surface area contributed by atoms with Crippen LogP contribution in [0.3, 0.4) is 0 Å². The Balaban J connectivity index is 1.85. The Morgan fingerprint density at radius 2 is 1.97 bits per heavy atom. The first-order valence-corrected chi connectivity index (χ1v) is 11.4. The van der Waals surface area contributed by atoms with Crippen molar-refractivity contribution in [3.63, 3.8) is 0 Å². The van der Waals surface area contributed by atoms with E-state index in [1.54, 1.807) is 16.7 Å². The number of primary sulfonamides is 1. The van der Waals surface area contributed by atoms with E-state index in [0.29, 0.717) is 43.2 Å². The van der Waals surface area contributed by atoms with Crippen molar-refractivity contribution in [2.24, 2.45) is 5.14 Å². The number of morpholine rings is 1. The van der Waals surface area contributed by atoms with E-state index < -0.39 is 38.2 Å². The average molecular weight is 464 g/mol. The van der Waals surface area contributed by atoms with Crippen molar-refractivity contribution in [2.45, 2.75) is 31.4 Å². The predicted molar refractivity (Wildman–Crippen MR) is 112 cm³/mol. The number of sulfonamides is 1. The smallest absolute Gasteiger partial charge is 0.238 e. The lowest BCUT2D eigenvalue weighted by Gasteiger charge is -2.31. The van der Waals surface area contributed by atoms with E-state index in [2.05, 4.69) is 4.98 Å². The van der Waals surface area contributed by atoms with Gasteiger partial charge in [-0.3, -0.25) is 9.69 Å². The molecule has 2 N–H and O–H groups in total. The van der Waals surface area contributed by atoms with Crippen molar-refractivity contribution in [1.82, 2.24) is 14.3 Å². The number of ketones is 1. The number of rotatable bonds is 5. The largest absolute Gasteiger partial charge is 0.368 e. The standard InChI is InChI=1S/C21H22F2N4O4S/c1-12-3-4-27-17(10-26-5-6-31-18(11-26)13(2)28)21(25-19(27)7-12)20-15(22)8-14(9-16(20)23)32(24,29)30/h3-4,7-9,18H,5-6,10-11H2,1-2H3,(H2,24,29,30)/t18-/m0/s1. The minimum absolute atomic E-state index is 0.0532. The van der Waals surface area contributed by atoms with Crippen LogP contribution < -0.4 is 5.14 Å². The van der Waals surface area contributed by atoms with Crippen LogP contribution in [0.15, 0.2) is 35.4 Å². The molecule has 11 heteroatoms. The SMILES string of the molecule is CC(=O)[C@@H]1CN(Cc2c(-c3c(F)cc(S(N)(=O)=O)cc3F)nc3cc(C)ccn23)CCO1. The number of benzene rings is 1. The van der Waals surface area contributed by atoms with Crippen LogP contribution in [0.4, 0.5) is 8.78 Å². The van der Waals surface area contributed by atoms with Gasteiger partial charge in [0.1, 0.15) is 23.4 Å². The molecule has 0 radical (unpaired) electrons. The molecule has 3 heterocycles. The molecule has 8 nitrogen and oxygen atoms in total. The molecule has 1 atom stereocenters. The van der Waals surface area contributed by atoms with Gasteiger partial charge in [-0.05, 0) is 43.7 Å². The quantitative estimate of drug-likeness (QED) is 0.619. The van der Waals surface area contributed by atoms with Gasteiger partial charge in [0, 0.05) is 25.8 Å². The lowest BCUT2D eigenvalue weighted by molar-refractivity contribution is -0.134. The van der Waals surface area contributed by atoms with Crippen LogP contribution >= 0.6 is 0 Å². The van der Waals surface area contributed by atoms with Crippen molar-refractivity contribution in [3.8, 4) is 11.3 Å². The fourth-order valence-electron chi connectivity index (χ4n) is 3.79. The summed E-state index contributed by atoms with van der Waals surface area (Å²) in [5.41, 5.74) is 1.52. The second kappa shape index (κ2) is 8.32. The molecular formula is C21H22F2N4O4S. The number of nitrogens with two attached hydrogens (primary N) is 1. The van der Waals surface area contributed by atoms with Crippen LogP contribution in [0.5, 0.6) is 0 Å². The van der Waals surface area contributed by atoms with Gasteiger partial charge in [0.05, 0.1) is 28.5 Å². The Bertz CT molecular complexity index is 1300. The number of imidazole rings is 1. The molecule has 0 bridgehead atoms. The summed E-state index contributed by atoms with van der Waals surface area (Å²) >= 11 is 0. The van der Waals surface area contributed by atoms with Gasteiger partial charge in [0.15, 0.2) is 5.78 Å². The number of aromatic nitrogens is 2.